The average molecular weight is 356 g/mol. The third-order valence-corrected chi connectivity index (χ3v) is 3.97. The number of fused-ring (bicyclic) bond motifs is 1. The van der Waals surface area contributed by atoms with Crippen LogP contribution >= 0.6 is 0 Å². The molecule has 0 atom stereocenters. The highest BCUT2D eigenvalue weighted by molar-refractivity contribution is 5.80. The molecular weight excluding hydrogens is 344 g/mol. The van der Waals surface area contributed by atoms with E-state index in [1.165, 1.54) is 0 Å². The second-order valence-corrected chi connectivity index (χ2v) is 5.67. The summed E-state index contributed by atoms with van der Waals surface area (Å²) in [5.74, 6) is 0.0234. The Morgan fingerprint density at radius 1 is 1.04 bits per heavy atom. The van der Waals surface area contributed by atoms with Gasteiger partial charge in [0.25, 0.3) is 5.95 Å². The number of carboxylic acid groups (broad SMARTS) is 1. The Labute approximate surface area is 153 Å². The first-order chi connectivity index (χ1) is 13.1. The van der Waals surface area contributed by atoms with Gasteiger partial charge in [-0.1, -0.05) is 30.3 Å². The molecular formula is C19H12N6O2. The molecule has 0 fully saturated rings. The molecule has 0 spiro atoms. The van der Waals surface area contributed by atoms with Crippen molar-refractivity contribution in [2.45, 2.75) is 0 Å². The van der Waals surface area contributed by atoms with Crippen molar-refractivity contribution in [1.82, 2.24) is 19.6 Å². The van der Waals surface area contributed by atoms with Gasteiger partial charge in [0.1, 0.15) is 11.8 Å². The number of aromatic nitrogens is 4. The maximum absolute atomic E-state index is 10.8. The Bertz CT molecular complexity index is 1170. The van der Waals surface area contributed by atoms with Gasteiger partial charge in [0.15, 0.2) is 5.65 Å². The molecule has 0 aliphatic rings. The van der Waals surface area contributed by atoms with Gasteiger partial charge in [0.2, 0.25) is 0 Å². The number of benzene rings is 1. The van der Waals surface area contributed by atoms with E-state index in [2.05, 4.69) is 20.4 Å². The molecule has 3 heterocycles. The van der Waals surface area contributed by atoms with Gasteiger partial charge in [-0.3, -0.25) is 5.32 Å². The highest BCUT2D eigenvalue weighted by Crippen LogP contribution is 2.25. The van der Waals surface area contributed by atoms with E-state index >= 15 is 0 Å². The van der Waals surface area contributed by atoms with Gasteiger partial charge in [-0.05, 0) is 29.8 Å². The Balaban J connectivity index is 1.70. The second-order valence-electron chi connectivity index (χ2n) is 5.67. The summed E-state index contributed by atoms with van der Waals surface area (Å²) in [7, 11) is 0. The Hall–Kier alpha value is -4.25. The fourth-order valence-electron chi connectivity index (χ4n) is 2.74. The van der Waals surface area contributed by atoms with Gasteiger partial charge >= 0.3 is 6.09 Å². The Kier molecular flexibility index (Phi) is 3.95. The molecule has 8 nitrogen and oxygen atoms in total. The van der Waals surface area contributed by atoms with Gasteiger partial charge in [0, 0.05) is 17.3 Å². The van der Waals surface area contributed by atoms with Crippen molar-refractivity contribution in [3.63, 3.8) is 0 Å². The van der Waals surface area contributed by atoms with Crippen LogP contribution in [0.3, 0.4) is 0 Å². The van der Waals surface area contributed by atoms with Crippen molar-refractivity contribution >= 4 is 17.7 Å². The zero-order valence-corrected chi connectivity index (χ0v) is 13.9. The Morgan fingerprint density at radius 3 is 2.44 bits per heavy atom. The van der Waals surface area contributed by atoms with Crippen molar-refractivity contribution in [2.24, 2.45) is 0 Å². The molecule has 4 rings (SSSR count). The number of nitrogens with zero attached hydrogens (tertiary/aromatic N) is 5. The SMILES string of the molecule is N#Cc1ccc(-c2ccc(-c3cccc4nc(NC(=O)O)nn34)cc2)cn1. The number of anilines is 1. The number of hydrogen-bond donors (Lipinski definition) is 2. The maximum atomic E-state index is 10.8. The zero-order chi connectivity index (χ0) is 18.8. The van der Waals surface area contributed by atoms with Crippen molar-refractivity contribution in [2.75, 3.05) is 5.32 Å². The van der Waals surface area contributed by atoms with E-state index in [1.54, 1.807) is 22.8 Å². The molecule has 0 saturated heterocycles. The summed E-state index contributed by atoms with van der Waals surface area (Å²) in [6.07, 6.45) is 0.447. The average Bonchev–Trinajstić information content (AvgIpc) is 3.10. The van der Waals surface area contributed by atoms with E-state index in [-0.39, 0.29) is 5.95 Å². The van der Waals surface area contributed by atoms with E-state index in [0.29, 0.717) is 11.3 Å². The topological polar surface area (TPSA) is 116 Å². The van der Waals surface area contributed by atoms with Crippen LogP contribution in [-0.2, 0) is 0 Å². The van der Waals surface area contributed by atoms with E-state index in [0.717, 1.165) is 22.4 Å². The summed E-state index contributed by atoms with van der Waals surface area (Å²) in [5.41, 5.74) is 4.47. The van der Waals surface area contributed by atoms with Crippen LogP contribution in [-0.4, -0.2) is 30.8 Å². The van der Waals surface area contributed by atoms with E-state index in [9.17, 15) is 4.79 Å². The quantitative estimate of drug-likeness (QED) is 0.581. The van der Waals surface area contributed by atoms with Gasteiger partial charge in [-0.25, -0.2) is 14.3 Å². The molecule has 0 bridgehead atoms. The summed E-state index contributed by atoms with van der Waals surface area (Å²) < 4.78 is 1.59. The maximum Gasteiger partial charge on any atom is 0.411 e. The molecule has 0 saturated carbocycles. The number of rotatable bonds is 3. The number of hydrogen-bond acceptors (Lipinski definition) is 5. The van der Waals surface area contributed by atoms with Crippen molar-refractivity contribution in [1.29, 1.82) is 5.26 Å². The molecule has 8 heteroatoms. The third-order valence-electron chi connectivity index (χ3n) is 3.97. The lowest BCUT2D eigenvalue weighted by molar-refractivity contribution is 0.209. The van der Waals surface area contributed by atoms with E-state index < -0.39 is 6.09 Å². The zero-order valence-electron chi connectivity index (χ0n) is 13.9. The first-order valence-electron chi connectivity index (χ1n) is 7.97. The molecule has 0 aliphatic carbocycles. The monoisotopic (exact) mass is 356 g/mol. The first-order valence-corrected chi connectivity index (χ1v) is 7.97. The first kappa shape index (κ1) is 16.2. The third kappa shape index (κ3) is 3.17. The largest absolute Gasteiger partial charge is 0.465 e. The van der Waals surface area contributed by atoms with Crippen LogP contribution in [0.15, 0.2) is 60.8 Å². The van der Waals surface area contributed by atoms with Gasteiger partial charge < -0.3 is 5.11 Å². The number of amides is 1. The summed E-state index contributed by atoms with van der Waals surface area (Å²) >= 11 is 0. The summed E-state index contributed by atoms with van der Waals surface area (Å²) in [4.78, 5) is 19.0. The van der Waals surface area contributed by atoms with Gasteiger partial charge in [-0.15, -0.1) is 5.10 Å². The van der Waals surface area contributed by atoms with Crippen LogP contribution in [0.4, 0.5) is 10.7 Å². The van der Waals surface area contributed by atoms with E-state index in [1.807, 2.05) is 48.5 Å². The molecule has 27 heavy (non-hydrogen) atoms. The minimum absolute atomic E-state index is 0.0234. The summed E-state index contributed by atoms with van der Waals surface area (Å²) in [5, 5.41) is 24.0. The molecule has 0 unspecified atom stereocenters. The lowest BCUT2D eigenvalue weighted by Crippen LogP contribution is -2.08. The molecule has 1 aromatic carbocycles. The Morgan fingerprint density at radius 2 is 1.78 bits per heavy atom. The molecule has 1 amide bonds. The molecule has 0 radical (unpaired) electrons. The minimum Gasteiger partial charge on any atom is -0.465 e. The molecule has 2 N–H and O–H groups in total. The highest BCUT2D eigenvalue weighted by atomic mass is 16.4. The summed E-state index contributed by atoms with van der Waals surface area (Å²) in [6, 6.07) is 18.8. The number of carbonyl (C=O) groups is 1. The standard InChI is InChI=1S/C19H12N6O2/c20-10-15-9-8-14(11-21-15)12-4-6-13(7-5-12)16-2-1-3-17-22-18(23-19(26)27)24-25(16)17/h1-9,11H,(H,23,24)(H,26,27). The van der Waals surface area contributed by atoms with Crippen LogP contribution in [0, 0.1) is 11.3 Å². The van der Waals surface area contributed by atoms with Gasteiger partial charge in [0.05, 0.1) is 5.69 Å². The fraction of sp³-hybridized carbons (Fsp3) is 0. The number of nitrogens with one attached hydrogen (secondary N) is 1. The predicted molar refractivity (Wildman–Crippen MR) is 98.0 cm³/mol. The lowest BCUT2D eigenvalue weighted by atomic mass is 10.0. The normalized spacial score (nSPS) is 10.5. The fourth-order valence-corrected chi connectivity index (χ4v) is 2.74. The van der Waals surface area contributed by atoms with Crippen LogP contribution in [0.25, 0.3) is 28.0 Å². The second kappa shape index (κ2) is 6.57. The van der Waals surface area contributed by atoms with Crippen LogP contribution < -0.4 is 5.32 Å². The van der Waals surface area contributed by atoms with Crippen LogP contribution in [0.2, 0.25) is 0 Å². The molecule has 3 aromatic heterocycles. The van der Waals surface area contributed by atoms with Crippen molar-refractivity contribution < 1.29 is 9.90 Å². The smallest absolute Gasteiger partial charge is 0.411 e. The number of nitriles is 1. The van der Waals surface area contributed by atoms with Crippen molar-refractivity contribution in [3.8, 4) is 28.5 Å². The lowest BCUT2D eigenvalue weighted by Gasteiger charge is -2.06. The van der Waals surface area contributed by atoms with E-state index in [4.69, 9.17) is 10.4 Å². The highest BCUT2D eigenvalue weighted by Gasteiger charge is 2.10. The molecule has 130 valence electrons. The van der Waals surface area contributed by atoms with Crippen LogP contribution in [0.5, 0.6) is 0 Å². The minimum atomic E-state index is -1.21. The molecule has 0 aliphatic heterocycles. The summed E-state index contributed by atoms with van der Waals surface area (Å²) in [6.45, 7) is 0. The number of pyridine rings is 2. The van der Waals surface area contributed by atoms with Gasteiger partial charge in [-0.2, -0.15) is 10.2 Å². The van der Waals surface area contributed by atoms with Crippen molar-refractivity contribution in [3.05, 3.63) is 66.5 Å². The molecule has 4 aromatic rings. The van der Waals surface area contributed by atoms with Crippen LogP contribution in [0.1, 0.15) is 5.69 Å². The predicted octanol–water partition coefficient (Wildman–Crippen LogP) is 3.42.